The topological polar surface area (TPSA) is 96.2 Å². The summed E-state index contributed by atoms with van der Waals surface area (Å²) in [5.74, 6) is -0.264. The first-order valence-electron chi connectivity index (χ1n) is 8.02. The first-order valence-corrected chi connectivity index (χ1v) is 9.38. The van der Waals surface area contributed by atoms with Crippen LogP contribution in [0.4, 0.5) is 5.69 Å². The van der Waals surface area contributed by atoms with Gasteiger partial charge in [0.05, 0.1) is 24.3 Å². The molecule has 2 amide bonds. The van der Waals surface area contributed by atoms with Crippen LogP contribution in [0.2, 0.25) is 5.02 Å². The fraction of sp³-hybridized carbons (Fsp3) is 0.353. The Labute approximate surface area is 161 Å². The van der Waals surface area contributed by atoms with Crippen LogP contribution in [0, 0.1) is 0 Å². The Kier molecular flexibility index (Phi) is 7.50. The Balaban J connectivity index is 1.98. The highest BCUT2D eigenvalue weighted by Crippen LogP contribution is 2.20. The molecule has 0 saturated carbocycles. The van der Waals surface area contributed by atoms with E-state index in [2.05, 4.69) is 15.6 Å². The Morgan fingerprint density at radius 3 is 2.58 bits per heavy atom. The van der Waals surface area contributed by atoms with Crippen LogP contribution in [0.15, 0.2) is 35.6 Å². The van der Waals surface area contributed by atoms with E-state index in [9.17, 15) is 14.7 Å². The van der Waals surface area contributed by atoms with E-state index >= 15 is 0 Å². The quantitative estimate of drug-likeness (QED) is 0.595. The Morgan fingerprint density at radius 1 is 1.27 bits per heavy atom. The van der Waals surface area contributed by atoms with E-state index in [0.717, 1.165) is 0 Å². The molecule has 0 aliphatic rings. The molecule has 26 heavy (non-hydrogen) atoms. The number of thioether (sulfide) groups is 1. The zero-order valence-electron chi connectivity index (χ0n) is 14.5. The molecule has 3 N–H and O–H groups in total. The number of aliphatic hydroxyl groups excluding tert-OH is 1. The maximum atomic E-state index is 12.1. The molecule has 1 aromatic carbocycles. The van der Waals surface area contributed by atoms with E-state index in [0.29, 0.717) is 21.6 Å². The molecule has 9 heteroatoms. The largest absolute Gasteiger partial charge is 0.390 e. The van der Waals surface area contributed by atoms with Gasteiger partial charge in [0.1, 0.15) is 6.54 Å². The predicted molar refractivity (Wildman–Crippen MR) is 102 cm³/mol. The Morgan fingerprint density at radius 2 is 1.96 bits per heavy atom. The van der Waals surface area contributed by atoms with Crippen molar-refractivity contribution in [1.29, 1.82) is 0 Å². The van der Waals surface area contributed by atoms with Gasteiger partial charge in [0, 0.05) is 16.8 Å². The molecule has 0 aliphatic heterocycles. The molecule has 1 aromatic heterocycles. The van der Waals surface area contributed by atoms with E-state index in [1.54, 1.807) is 28.8 Å². The third-order valence-corrected chi connectivity index (χ3v) is 4.52. The van der Waals surface area contributed by atoms with Crippen molar-refractivity contribution in [2.45, 2.75) is 38.2 Å². The lowest BCUT2D eigenvalue weighted by Crippen LogP contribution is -2.33. The van der Waals surface area contributed by atoms with Crippen molar-refractivity contribution in [3.63, 3.8) is 0 Å². The number of imidazole rings is 1. The number of halogens is 1. The summed E-state index contributed by atoms with van der Waals surface area (Å²) in [5.41, 5.74) is 1.17. The number of anilines is 1. The lowest BCUT2D eigenvalue weighted by Gasteiger charge is -2.12. The number of aliphatic hydroxyl groups is 1. The summed E-state index contributed by atoms with van der Waals surface area (Å²) in [6.07, 6.45) is 1.50. The highest BCUT2D eigenvalue weighted by atomic mass is 35.5. The second-order valence-electron chi connectivity index (χ2n) is 5.84. The molecule has 0 spiro atoms. The number of hydrogen-bond donors (Lipinski definition) is 3. The minimum atomic E-state index is -0.237. The molecular weight excluding hydrogens is 376 g/mol. The molecule has 0 radical (unpaired) electrons. The van der Waals surface area contributed by atoms with Crippen LogP contribution < -0.4 is 10.6 Å². The average Bonchev–Trinajstić information content (AvgIpc) is 2.96. The monoisotopic (exact) mass is 396 g/mol. The molecule has 0 atom stereocenters. The standard InChI is InChI=1S/C17H21ClN4O3S/c1-11(2)20-15(24)8-22-14(9-23)7-19-17(22)26-10-16(25)21-13-5-3-12(18)4-6-13/h3-7,11,23H,8-10H2,1-2H3,(H,20,24)(H,21,25). The highest BCUT2D eigenvalue weighted by molar-refractivity contribution is 7.99. The summed E-state index contributed by atoms with van der Waals surface area (Å²) in [5, 5.41) is 16.1. The van der Waals surface area contributed by atoms with Gasteiger partial charge in [-0.05, 0) is 38.1 Å². The van der Waals surface area contributed by atoms with Crippen LogP contribution >= 0.6 is 23.4 Å². The lowest BCUT2D eigenvalue weighted by molar-refractivity contribution is -0.122. The fourth-order valence-electron chi connectivity index (χ4n) is 2.17. The second kappa shape index (κ2) is 9.61. The number of nitrogens with zero attached hydrogens (tertiary/aromatic N) is 2. The van der Waals surface area contributed by atoms with Crippen molar-refractivity contribution < 1.29 is 14.7 Å². The van der Waals surface area contributed by atoms with Gasteiger partial charge in [-0.1, -0.05) is 23.4 Å². The van der Waals surface area contributed by atoms with Gasteiger partial charge in [-0.3, -0.25) is 9.59 Å². The number of carbonyl (C=O) groups excluding carboxylic acids is 2. The third-order valence-electron chi connectivity index (χ3n) is 3.28. The van der Waals surface area contributed by atoms with E-state index in [-0.39, 0.29) is 36.8 Å². The number of rotatable bonds is 8. The molecule has 2 aromatic rings. The van der Waals surface area contributed by atoms with Crippen molar-refractivity contribution >= 4 is 40.9 Å². The normalized spacial score (nSPS) is 10.8. The predicted octanol–water partition coefficient (Wildman–Crippen LogP) is 2.28. The van der Waals surface area contributed by atoms with Crippen LogP contribution in [0.25, 0.3) is 0 Å². The van der Waals surface area contributed by atoms with Gasteiger partial charge >= 0.3 is 0 Å². The van der Waals surface area contributed by atoms with Gasteiger partial charge < -0.3 is 20.3 Å². The Bertz CT molecular complexity index is 762. The summed E-state index contributed by atoms with van der Waals surface area (Å²) in [6, 6.07) is 6.83. The van der Waals surface area contributed by atoms with Crippen molar-refractivity contribution in [2.24, 2.45) is 0 Å². The van der Waals surface area contributed by atoms with E-state index in [1.165, 1.54) is 18.0 Å². The molecule has 1 heterocycles. The van der Waals surface area contributed by atoms with Gasteiger partial charge in [0.15, 0.2) is 5.16 Å². The minimum absolute atomic E-state index is 0.0184. The van der Waals surface area contributed by atoms with E-state index in [4.69, 9.17) is 11.6 Å². The molecule has 0 saturated heterocycles. The molecule has 2 rings (SSSR count). The summed E-state index contributed by atoms with van der Waals surface area (Å²) >= 11 is 7.01. The van der Waals surface area contributed by atoms with Gasteiger partial charge in [0.2, 0.25) is 11.8 Å². The SMILES string of the molecule is CC(C)NC(=O)Cn1c(CO)cnc1SCC(=O)Nc1ccc(Cl)cc1. The van der Waals surface area contributed by atoms with Crippen LogP contribution in [-0.2, 0) is 22.7 Å². The molecule has 0 unspecified atom stereocenters. The number of aromatic nitrogens is 2. The van der Waals surface area contributed by atoms with E-state index in [1.807, 2.05) is 13.8 Å². The summed E-state index contributed by atoms with van der Waals surface area (Å²) in [4.78, 5) is 28.3. The number of nitrogens with one attached hydrogen (secondary N) is 2. The first kappa shape index (κ1) is 20.3. The third kappa shape index (κ3) is 6.05. The smallest absolute Gasteiger partial charge is 0.240 e. The van der Waals surface area contributed by atoms with E-state index < -0.39 is 0 Å². The number of hydrogen-bond acceptors (Lipinski definition) is 5. The summed E-state index contributed by atoms with van der Waals surface area (Å²) in [7, 11) is 0. The number of carbonyl (C=O) groups is 2. The lowest BCUT2D eigenvalue weighted by atomic mass is 10.3. The number of benzene rings is 1. The van der Waals surface area contributed by atoms with Crippen LogP contribution in [0.3, 0.4) is 0 Å². The van der Waals surface area contributed by atoms with Crippen molar-refractivity contribution in [3.8, 4) is 0 Å². The molecule has 0 fully saturated rings. The maximum Gasteiger partial charge on any atom is 0.240 e. The fourth-order valence-corrected chi connectivity index (χ4v) is 3.10. The molecule has 7 nitrogen and oxygen atoms in total. The molecular formula is C17H21ClN4O3S. The van der Waals surface area contributed by atoms with Gasteiger partial charge in [-0.25, -0.2) is 4.98 Å². The molecule has 0 aliphatic carbocycles. The van der Waals surface area contributed by atoms with Crippen molar-refractivity contribution in [2.75, 3.05) is 11.1 Å². The van der Waals surface area contributed by atoms with Crippen molar-refractivity contribution in [3.05, 3.63) is 41.2 Å². The number of amides is 2. The van der Waals surface area contributed by atoms with Gasteiger partial charge in [-0.15, -0.1) is 0 Å². The zero-order chi connectivity index (χ0) is 19.1. The maximum absolute atomic E-state index is 12.1. The first-order chi connectivity index (χ1) is 12.4. The van der Waals surface area contributed by atoms with Gasteiger partial charge in [-0.2, -0.15) is 0 Å². The summed E-state index contributed by atoms with van der Waals surface area (Å²) < 4.78 is 1.61. The minimum Gasteiger partial charge on any atom is -0.390 e. The molecule has 0 bridgehead atoms. The Hall–Kier alpha value is -2.03. The van der Waals surface area contributed by atoms with Gasteiger partial charge in [0.25, 0.3) is 0 Å². The highest BCUT2D eigenvalue weighted by Gasteiger charge is 2.15. The zero-order valence-corrected chi connectivity index (χ0v) is 16.1. The van der Waals surface area contributed by atoms with Crippen molar-refractivity contribution in [1.82, 2.24) is 14.9 Å². The van der Waals surface area contributed by atoms with Crippen LogP contribution in [-0.4, -0.2) is 38.3 Å². The average molecular weight is 397 g/mol. The van der Waals surface area contributed by atoms with Crippen LogP contribution in [0.5, 0.6) is 0 Å². The van der Waals surface area contributed by atoms with Crippen LogP contribution in [0.1, 0.15) is 19.5 Å². The summed E-state index contributed by atoms with van der Waals surface area (Å²) in [6.45, 7) is 3.54. The second-order valence-corrected chi connectivity index (χ2v) is 7.22. The molecule has 140 valence electrons.